The highest BCUT2D eigenvalue weighted by molar-refractivity contribution is 6.36. The van der Waals surface area contributed by atoms with Gasteiger partial charge in [-0.15, -0.1) is 0 Å². The van der Waals surface area contributed by atoms with E-state index in [0.717, 1.165) is 12.0 Å². The fraction of sp³-hybridized carbons (Fsp3) is 0.300. The average Bonchev–Trinajstić information content (AvgIpc) is 2.65. The normalized spacial score (nSPS) is 10.5. The third kappa shape index (κ3) is 6.54. The van der Waals surface area contributed by atoms with Gasteiger partial charge in [0.15, 0.2) is 0 Å². The fourth-order valence-corrected chi connectivity index (χ4v) is 3.11. The number of hydrogen-bond acceptors (Lipinski definition) is 3. The topological polar surface area (TPSA) is 67.4 Å². The molecule has 0 fully saturated rings. The van der Waals surface area contributed by atoms with Crippen LogP contribution in [-0.4, -0.2) is 32.1 Å². The number of nitrogens with one attached hydrogen (secondary N) is 2. The summed E-state index contributed by atoms with van der Waals surface area (Å²) in [5.41, 5.74) is 1.62. The van der Waals surface area contributed by atoms with Crippen LogP contribution in [0.5, 0.6) is 0 Å². The first-order chi connectivity index (χ1) is 13.0. The predicted octanol–water partition coefficient (Wildman–Crippen LogP) is 4.33. The van der Waals surface area contributed by atoms with Gasteiger partial charge in [0.05, 0.1) is 11.3 Å². The lowest BCUT2D eigenvalue weighted by Gasteiger charge is -2.12. The first kappa shape index (κ1) is 21.2. The number of rotatable bonds is 9. The van der Waals surface area contributed by atoms with E-state index in [1.54, 1.807) is 49.6 Å². The Hall–Kier alpha value is -2.08. The largest absolute Gasteiger partial charge is 0.385 e. The predicted molar refractivity (Wildman–Crippen MR) is 109 cm³/mol. The van der Waals surface area contributed by atoms with Gasteiger partial charge in [0.2, 0.25) is 5.91 Å². The monoisotopic (exact) mass is 408 g/mol. The van der Waals surface area contributed by atoms with Crippen molar-refractivity contribution in [3.63, 3.8) is 0 Å². The summed E-state index contributed by atoms with van der Waals surface area (Å²) in [5.74, 6) is -0.457. The molecule has 2 N–H and O–H groups in total. The molecule has 144 valence electrons. The standard InChI is InChI=1S/C20H22Cl2N2O3/c1-27-13-5-12-23-20(26)15-6-2-3-9-18(15)24-19(25)11-10-14-16(21)7-4-8-17(14)22/h2-4,6-9H,5,10-13H2,1H3,(H,23,26)(H,24,25). The van der Waals surface area contributed by atoms with Crippen molar-refractivity contribution in [1.29, 1.82) is 0 Å². The van der Waals surface area contributed by atoms with Crippen LogP contribution in [0.15, 0.2) is 42.5 Å². The number of para-hydroxylation sites is 1. The smallest absolute Gasteiger partial charge is 0.253 e. The maximum atomic E-state index is 12.3. The van der Waals surface area contributed by atoms with E-state index in [9.17, 15) is 9.59 Å². The first-order valence-electron chi connectivity index (χ1n) is 8.62. The number of anilines is 1. The lowest BCUT2D eigenvalue weighted by atomic mass is 10.1. The molecule has 0 saturated heterocycles. The minimum atomic E-state index is -0.240. The van der Waals surface area contributed by atoms with Gasteiger partial charge in [-0.3, -0.25) is 9.59 Å². The highest BCUT2D eigenvalue weighted by Gasteiger charge is 2.14. The van der Waals surface area contributed by atoms with Gasteiger partial charge in [-0.25, -0.2) is 0 Å². The van der Waals surface area contributed by atoms with Crippen LogP contribution in [0.2, 0.25) is 10.0 Å². The molecule has 0 radical (unpaired) electrons. The van der Waals surface area contributed by atoms with Crippen molar-refractivity contribution in [2.75, 3.05) is 25.6 Å². The van der Waals surface area contributed by atoms with E-state index >= 15 is 0 Å². The molecule has 0 unspecified atom stereocenters. The van der Waals surface area contributed by atoms with E-state index in [1.807, 2.05) is 0 Å². The molecule has 0 atom stereocenters. The van der Waals surface area contributed by atoms with E-state index in [0.29, 0.717) is 40.9 Å². The molecule has 2 rings (SSSR count). The summed E-state index contributed by atoms with van der Waals surface area (Å²) in [7, 11) is 1.61. The molecule has 0 spiro atoms. The number of hydrogen-bond donors (Lipinski definition) is 2. The van der Waals surface area contributed by atoms with Crippen LogP contribution < -0.4 is 10.6 Å². The number of methoxy groups -OCH3 is 1. The Morgan fingerprint density at radius 3 is 2.44 bits per heavy atom. The van der Waals surface area contributed by atoms with E-state index in [4.69, 9.17) is 27.9 Å². The highest BCUT2D eigenvalue weighted by atomic mass is 35.5. The zero-order valence-corrected chi connectivity index (χ0v) is 16.6. The molecule has 0 saturated carbocycles. The molecular formula is C20H22Cl2N2O3. The Bertz CT molecular complexity index is 776. The van der Waals surface area contributed by atoms with Gasteiger partial charge in [0, 0.05) is 36.7 Å². The maximum absolute atomic E-state index is 12.3. The number of carbonyl (C=O) groups is 2. The maximum Gasteiger partial charge on any atom is 0.253 e. The Kier molecular flexibility index (Phi) is 8.58. The highest BCUT2D eigenvalue weighted by Crippen LogP contribution is 2.25. The minimum Gasteiger partial charge on any atom is -0.385 e. The summed E-state index contributed by atoms with van der Waals surface area (Å²) in [6.45, 7) is 1.07. The Morgan fingerprint density at radius 2 is 1.74 bits per heavy atom. The summed E-state index contributed by atoms with van der Waals surface area (Å²) in [5, 5.41) is 6.67. The lowest BCUT2D eigenvalue weighted by molar-refractivity contribution is -0.116. The van der Waals surface area contributed by atoms with Crippen molar-refractivity contribution in [3.05, 3.63) is 63.6 Å². The van der Waals surface area contributed by atoms with Gasteiger partial charge >= 0.3 is 0 Å². The molecule has 0 aliphatic rings. The van der Waals surface area contributed by atoms with Crippen molar-refractivity contribution in [2.45, 2.75) is 19.3 Å². The quantitative estimate of drug-likeness (QED) is 0.606. The van der Waals surface area contributed by atoms with E-state index < -0.39 is 0 Å². The second-order valence-electron chi connectivity index (χ2n) is 5.90. The Labute approximate surface area is 169 Å². The van der Waals surface area contributed by atoms with E-state index in [1.165, 1.54) is 0 Å². The third-order valence-electron chi connectivity index (χ3n) is 3.92. The summed E-state index contributed by atoms with van der Waals surface area (Å²) >= 11 is 12.3. The van der Waals surface area contributed by atoms with Crippen LogP contribution in [-0.2, 0) is 16.0 Å². The van der Waals surface area contributed by atoms with E-state index in [2.05, 4.69) is 10.6 Å². The van der Waals surface area contributed by atoms with Crippen molar-refractivity contribution < 1.29 is 14.3 Å². The summed E-state index contributed by atoms with van der Waals surface area (Å²) < 4.78 is 4.96. The minimum absolute atomic E-state index is 0.202. The first-order valence-corrected chi connectivity index (χ1v) is 9.37. The molecule has 0 aliphatic carbocycles. The average molecular weight is 409 g/mol. The van der Waals surface area contributed by atoms with Crippen molar-refractivity contribution in [2.24, 2.45) is 0 Å². The fourth-order valence-electron chi connectivity index (χ4n) is 2.53. The van der Waals surface area contributed by atoms with E-state index in [-0.39, 0.29) is 18.2 Å². The molecule has 2 aromatic carbocycles. The number of ether oxygens (including phenoxy) is 1. The molecule has 2 aromatic rings. The van der Waals surface area contributed by atoms with Gasteiger partial charge in [0.25, 0.3) is 5.91 Å². The van der Waals surface area contributed by atoms with Gasteiger partial charge in [-0.1, -0.05) is 41.4 Å². The number of halogens is 2. The van der Waals surface area contributed by atoms with Gasteiger partial charge in [-0.05, 0) is 42.7 Å². The number of amides is 2. The van der Waals surface area contributed by atoms with Crippen molar-refractivity contribution in [3.8, 4) is 0 Å². The molecule has 0 heterocycles. The number of benzene rings is 2. The lowest BCUT2D eigenvalue weighted by Crippen LogP contribution is -2.26. The van der Waals surface area contributed by atoms with Crippen LogP contribution in [0.3, 0.4) is 0 Å². The van der Waals surface area contributed by atoms with Crippen LogP contribution in [0.25, 0.3) is 0 Å². The molecule has 2 amide bonds. The van der Waals surface area contributed by atoms with Crippen LogP contribution in [0.1, 0.15) is 28.8 Å². The second-order valence-corrected chi connectivity index (χ2v) is 6.71. The van der Waals surface area contributed by atoms with Gasteiger partial charge < -0.3 is 15.4 Å². The second kappa shape index (κ2) is 10.9. The van der Waals surface area contributed by atoms with Crippen molar-refractivity contribution >= 4 is 40.7 Å². The summed E-state index contributed by atoms with van der Waals surface area (Å²) in [6.07, 6.45) is 1.33. The molecule has 0 aromatic heterocycles. The SMILES string of the molecule is COCCCNC(=O)c1ccccc1NC(=O)CCc1c(Cl)cccc1Cl. The molecule has 5 nitrogen and oxygen atoms in total. The molecule has 0 bridgehead atoms. The van der Waals surface area contributed by atoms with Crippen LogP contribution in [0, 0.1) is 0 Å². The Balaban J connectivity index is 1.96. The zero-order valence-electron chi connectivity index (χ0n) is 15.1. The summed E-state index contributed by atoms with van der Waals surface area (Å²) in [4.78, 5) is 24.7. The van der Waals surface area contributed by atoms with Gasteiger partial charge in [-0.2, -0.15) is 0 Å². The van der Waals surface area contributed by atoms with Crippen molar-refractivity contribution in [1.82, 2.24) is 5.32 Å². The third-order valence-corrected chi connectivity index (χ3v) is 4.63. The van der Waals surface area contributed by atoms with Crippen LogP contribution >= 0.6 is 23.2 Å². The molecule has 7 heteroatoms. The van der Waals surface area contributed by atoms with Gasteiger partial charge in [0.1, 0.15) is 0 Å². The number of carbonyl (C=O) groups excluding carboxylic acids is 2. The Morgan fingerprint density at radius 1 is 1.04 bits per heavy atom. The molecular weight excluding hydrogens is 387 g/mol. The molecule has 0 aliphatic heterocycles. The zero-order chi connectivity index (χ0) is 19.6. The molecule has 27 heavy (non-hydrogen) atoms. The summed E-state index contributed by atoms with van der Waals surface area (Å²) in [6, 6.07) is 12.1. The van der Waals surface area contributed by atoms with Crippen LogP contribution in [0.4, 0.5) is 5.69 Å².